The normalized spacial score (nSPS) is 16.3. The Bertz CT molecular complexity index is 1080. The van der Waals surface area contributed by atoms with Crippen LogP contribution in [-0.2, 0) is 15.1 Å². The van der Waals surface area contributed by atoms with Crippen molar-refractivity contribution in [2.45, 2.75) is 24.8 Å². The minimum atomic E-state index is -0.722. The molecule has 0 bridgehead atoms. The molecule has 0 atom stereocenters. The van der Waals surface area contributed by atoms with Gasteiger partial charge in [0.25, 0.3) is 0 Å². The monoisotopic (exact) mass is 368 g/mol. The number of hydrogen-bond donors (Lipinski definition) is 3. The quantitative estimate of drug-likeness (QED) is 0.607. The van der Waals surface area contributed by atoms with E-state index in [1.165, 1.54) is 0 Å². The molecule has 3 N–H and O–H groups in total. The molecule has 1 amide bonds. The Morgan fingerprint density at radius 3 is 2.44 bits per heavy atom. The highest BCUT2D eigenvalue weighted by molar-refractivity contribution is 5.93. The maximum absolute atomic E-state index is 12.7. The summed E-state index contributed by atoms with van der Waals surface area (Å²) < 4.78 is 7.58. The fraction of sp³-hybridized carbons (Fsp3) is 0.316. The first-order chi connectivity index (χ1) is 13.1. The fourth-order valence-electron chi connectivity index (χ4n) is 3.63. The van der Waals surface area contributed by atoms with Crippen LogP contribution in [0.25, 0.3) is 11.0 Å². The first kappa shape index (κ1) is 17.3. The van der Waals surface area contributed by atoms with Crippen LogP contribution in [0.1, 0.15) is 19.3 Å². The number of rotatable bonds is 4. The predicted molar refractivity (Wildman–Crippen MR) is 101 cm³/mol. The molecule has 27 heavy (non-hydrogen) atoms. The summed E-state index contributed by atoms with van der Waals surface area (Å²) in [6.45, 7) is 1.24. The maximum Gasteiger partial charge on any atom is 0.314 e. The van der Waals surface area contributed by atoms with E-state index < -0.39 is 11.1 Å². The molecule has 0 radical (unpaired) electrons. The predicted octanol–water partition coefficient (Wildman–Crippen LogP) is 1.55. The summed E-state index contributed by atoms with van der Waals surface area (Å²) in [4.78, 5) is 40.6. The number of carbonyl (C=O) groups is 1. The highest BCUT2D eigenvalue weighted by Crippen LogP contribution is 2.33. The first-order valence-corrected chi connectivity index (χ1v) is 8.83. The lowest BCUT2D eigenvalue weighted by Crippen LogP contribution is -2.42. The highest BCUT2D eigenvalue weighted by Gasteiger charge is 2.36. The number of H-pyrrole nitrogens is 2. The van der Waals surface area contributed by atoms with Crippen molar-refractivity contribution in [3.63, 3.8) is 0 Å². The molecule has 4 rings (SSSR count). The second-order valence-corrected chi connectivity index (χ2v) is 6.82. The van der Waals surface area contributed by atoms with Gasteiger partial charge in [-0.15, -0.1) is 0 Å². The molecule has 0 aliphatic carbocycles. The molecule has 3 aromatic rings. The van der Waals surface area contributed by atoms with Crippen molar-refractivity contribution >= 4 is 22.6 Å². The van der Waals surface area contributed by atoms with Crippen molar-refractivity contribution in [1.82, 2.24) is 14.5 Å². The van der Waals surface area contributed by atoms with Gasteiger partial charge in [-0.3, -0.25) is 14.4 Å². The van der Waals surface area contributed by atoms with Gasteiger partial charge in [-0.25, -0.2) is 0 Å². The molecule has 1 aliphatic heterocycles. The number of aromatic nitrogens is 3. The van der Waals surface area contributed by atoms with E-state index in [0.717, 1.165) is 12.8 Å². The number of anilines is 1. The number of nitrogens with one attached hydrogen (secondary N) is 3. The zero-order valence-corrected chi connectivity index (χ0v) is 14.7. The van der Waals surface area contributed by atoms with Crippen molar-refractivity contribution < 1.29 is 9.53 Å². The lowest BCUT2D eigenvalue weighted by Gasteiger charge is -2.38. The standard InChI is InChI=1S/C19H20N4O4/c24-16(12-19(5-9-27-10-6-19)23-7-1-2-8-23)20-13-3-4-14-15(11-13)22-18(26)17(25)21-14/h1-4,7-8,11H,5-6,9-10,12H2,(H,20,24)(H,21,25)(H,22,26). The van der Waals surface area contributed by atoms with Crippen LogP contribution < -0.4 is 16.4 Å². The number of benzene rings is 1. The van der Waals surface area contributed by atoms with Gasteiger partial charge in [0.05, 0.1) is 23.0 Å². The van der Waals surface area contributed by atoms with Gasteiger partial charge in [0.15, 0.2) is 0 Å². The molecule has 0 spiro atoms. The van der Waals surface area contributed by atoms with Crippen molar-refractivity contribution in [2.24, 2.45) is 0 Å². The second kappa shape index (κ2) is 6.88. The average molecular weight is 368 g/mol. The largest absolute Gasteiger partial charge is 0.381 e. The Hall–Kier alpha value is -3.13. The van der Waals surface area contributed by atoms with Gasteiger partial charge in [0.2, 0.25) is 5.91 Å². The van der Waals surface area contributed by atoms with Crippen molar-refractivity contribution in [3.05, 3.63) is 63.4 Å². The van der Waals surface area contributed by atoms with Gasteiger partial charge in [0, 0.05) is 31.3 Å². The van der Waals surface area contributed by atoms with Crippen LogP contribution in [0, 0.1) is 0 Å². The number of fused-ring (bicyclic) bond motifs is 1. The van der Waals surface area contributed by atoms with Gasteiger partial charge < -0.3 is 24.6 Å². The zero-order valence-electron chi connectivity index (χ0n) is 14.7. The van der Waals surface area contributed by atoms with Gasteiger partial charge >= 0.3 is 11.1 Å². The SMILES string of the molecule is O=C(CC1(n2cccc2)CCOCC1)Nc1ccc2[nH]c(=O)c(=O)[nH]c2c1. The molecule has 0 unspecified atom stereocenters. The van der Waals surface area contributed by atoms with E-state index in [1.54, 1.807) is 18.2 Å². The molecular weight excluding hydrogens is 348 g/mol. The van der Waals surface area contributed by atoms with Crippen LogP contribution in [0.15, 0.2) is 52.3 Å². The van der Waals surface area contributed by atoms with Crippen LogP contribution in [0.5, 0.6) is 0 Å². The average Bonchev–Trinajstić information content (AvgIpc) is 3.19. The van der Waals surface area contributed by atoms with Crippen LogP contribution in [0.2, 0.25) is 0 Å². The molecular formula is C19H20N4O4. The molecule has 8 nitrogen and oxygen atoms in total. The Balaban J connectivity index is 1.56. The molecule has 0 saturated carbocycles. The first-order valence-electron chi connectivity index (χ1n) is 8.83. The minimum Gasteiger partial charge on any atom is -0.381 e. The Morgan fingerprint density at radius 1 is 1.07 bits per heavy atom. The number of hydrogen-bond acceptors (Lipinski definition) is 4. The summed E-state index contributed by atoms with van der Waals surface area (Å²) in [7, 11) is 0. The number of amides is 1. The van der Waals surface area contributed by atoms with E-state index in [2.05, 4.69) is 19.9 Å². The molecule has 1 fully saturated rings. The topological polar surface area (TPSA) is 109 Å². The number of ether oxygens (including phenoxy) is 1. The third-order valence-corrected chi connectivity index (χ3v) is 5.07. The fourth-order valence-corrected chi connectivity index (χ4v) is 3.63. The maximum atomic E-state index is 12.7. The van der Waals surface area contributed by atoms with Gasteiger partial charge in [0.1, 0.15) is 0 Å². The third-order valence-electron chi connectivity index (χ3n) is 5.07. The van der Waals surface area contributed by atoms with E-state index >= 15 is 0 Å². The molecule has 1 saturated heterocycles. The number of nitrogens with zero attached hydrogens (tertiary/aromatic N) is 1. The Kier molecular flexibility index (Phi) is 4.41. The molecule has 8 heteroatoms. The summed E-state index contributed by atoms with van der Waals surface area (Å²) >= 11 is 0. The van der Waals surface area contributed by atoms with Gasteiger partial charge in [-0.2, -0.15) is 0 Å². The smallest absolute Gasteiger partial charge is 0.314 e. The molecule has 3 heterocycles. The highest BCUT2D eigenvalue weighted by atomic mass is 16.5. The number of aromatic amines is 2. The zero-order chi connectivity index (χ0) is 18.9. The van der Waals surface area contributed by atoms with E-state index in [9.17, 15) is 14.4 Å². The molecule has 1 aromatic carbocycles. The summed E-state index contributed by atoms with van der Waals surface area (Å²) in [6, 6.07) is 8.89. The van der Waals surface area contributed by atoms with E-state index in [4.69, 9.17) is 4.74 Å². The molecule has 140 valence electrons. The van der Waals surface area contributed by atoms with Crippen LogP contribution in [0.3, 0.4) is 0 Å². The van der Waals surface area contributed by atoms with E-state index in [-0.39, 0.29) is 11.4 Å². The van der Waals surface area contributed by atoms with Crippen molar-refractivity contribution in [2.75, 3.05) is 18.5 Å². The second-order valence-electron chi connectivity index (χ2n) is 6.82. The van der Waals surface area contributed by atoms with Crippen molar-refractivity contribution in [3.8, 4) is 0 Å². The Morgan fingerprint density at radius 2 is 1.74 bits per heavy atom. The summed E-state index contributed by atoms with van der Waals surface area (Å²) in [5.74, 6) is -0.114. The van der Waals surface area contributed by atoms with Gasteiger partial charge in [-0.05, 0) is 43.2 Å². The summed E-state index contributed by atoms with van der Waals surface area (Å²) in [5, 5.41) is 2.90. The van der Waals surface area contributed by atoms with Crippen molar-refractivity contribution in [1.29, 1.82) is 0 Å². The van der Waals surface area contributed by atoms with Crippen LogP contribution >= 0.6 is 0 Å². The third kappa shape index (κ3) is 3.43. The lowest BCUT2D eigenvalue weighted by molar-refractivity contribution is -0.119. The Labute approximate surface area is 154 Å². The molecule has 2 aromatic heterocycles. The van der Waals surface area contributed by atoms with Crippen LogP contribution in [-0.4, -0.2) is 33.7 Å². The minimum absolute atomic E-state index is 0.114. The van der Waals surface area contributed by atoms with Gasteiger partial charge in [-0.1, -0.05) is 0 Å². The lowest BCUT2D eigenvalue weighted by atomic mass is 9.86. The number of carbonyl (C=O) groups excluding carboxylic acids is 1. The summed E-state index contributed by atoms with van der Waals surface area (Å²) in [5.41, 5.74) is -0.200. The van der Waals surface area contributed by atoms with Crippen LogP contribution in [0.4, 0.5) is 5.69 Å². The molecule has 1 aliphatic rings. The summed E-state index contributed by atoms with van der Waals surface area (Å²) in [6.07, 6.45) is 5.82. The van der Waals surface area contributed by atoms with E-state index in [0.29, 0.717) is 36.4 Å². The van der Waals surface area contributed by atoms with E-state index in [1.807, 2.05) is 24.5 Å².